The Morgan fingerprint density at radius 1 is 1.33 bits per heavy atom. The van der Waals surface area contributed by atoms with Crippen LogP contribution in [0.2, 0.25) is 5.02 Å². The van der Waals surface area contributed by atoms with Crippen molar-refractivity contribution in [2.45, 2.75) is 38.6 Å². The first-order chi connectivity index (χ1) is 10.1. The summed E-state index contributed by atoms with van der Waals surface area (Å²) in [4.78, 5) is 12.1. The number of aliphatic hydroxyl groups is 1. The average Bonchev–Trinajstić information content (AvgIpc) is 2.48. The van der Waals surface area contributed by atoms with Crippen LogP contribution >= 0.6 is 11.6 Å². The van der Waals surface area contributed by atoms with E-state index in [0.29, 0.717) is 10.9 Å². The first kappa shape index (κ1) is 16.1. The van der Waals surface area contributed by atoms with Gasteiger partial charge in [0.25, 0.3) is 0 Å². The average molecular weight is 308 g/mol. The summed E-state index contributed by atoms with van der Waals surface area (Å²) < 4.78 is 0. The standard InChI is InChI=1S/C17H22ClNO2/c1-12(15-4-2-3-5-16(15)18)10-17(21)19-14-8-6-13(11-20)7-9-14/h2-5,10,13-14,20H,6-9,11H2,1H3,(H,19,21)/b12-10-. The number of benzene rings is 1. The molecular weight excluding hydrogens is 286 g/mol. The molecule has 2 rings (SSSR count). The number of rotatable bonds is 4. The van der Waals surface area contributed by atoms with Crippen molar-refractivity contribution < 1.29 is 9.90 Å². The molecule has 1 aromatic carbocycles. The number of amides is 1. The van der Waals surface area contributed by atoms with Crippen LogP contribution in [-0.2, 0) is 4.79 Å². The van der Waals surface area contributed by atoms with Crippen LogP contribution in [0.5, 0.6) is 0 Å². The van der Waals surface area contributed by atoms with E-state index in [9.17, 15) is 4.79 Å². The van der Waals surface area contributed by atoms with Crippen LogP contribution in [0, 0.1) is 5.92 Å². The van der Waals surface area contributed by atoms with Gasteiger partial charge in [-0.05, 0) is 55.7 Å². The van der Waals surface area contributed by atoms with Gasteiger partial charge in [-0.2, -0.15) is 0 Å². The lowest BCUT2D eigenvalue weighted by Crippen LogP contribution is -2.37. The van der Waals surface area contributed by atoms with Crippen LogP contribution in [0.25, 0.3) is 5.57 Å². The quantitative estimate of drug-likeness (QED) is 0.838. The van der Waals surface area contributed by atoms with Crippen LogP contribution in [0.3, 0.4) is 0 Å². The first-order valence-electron chi connectivity index (χ1n) is 7.44. The highest BCUT2D eigenvalue weighted by Crippen LogP contribution is 2.25. The van der Waals surface area contributed by atoms with E-state index in [1.165, 1.54) is 0 Å². The summed E-state index contributed by atoms with van der Waals surface area (Å²) in [6.07, 6.45) is 5.45. The van der Waals surface area contributed by atoms with E-state index in [1.807, 2.05) is 31.2 Å². The molecule has 2 N–H and O–H groups in total. The molecule has 1 amide bonds. The lowest BCUT2D eigenvalue weighted by molar-refractivity contribution is -0.117. The molecule has 0 saturated heterocycles. The predicted molar refractivity (Wildman–Crippen MR) is 86.1 cm³/mol. The molecule has 1 fully saturated rings. The molecule has 0 spiro atoms. The van der Waals surface area contributed by atoms with Crippen LogP contribution in [-0.4, -0.2) is 23.7 Å². The third kappa shape index (κ3) is 4.58. The molecule has 0 bridgehead atoms. The fourth-order valence-electron chi connectivity index (χ4n) is 2.79. The van der Waals surface area contributed by atoms with Crippen molar-refractivity contribution in [2.24, 2.45) is 5.92 Å². The van der Waals surface area contributed by atoms with Gasteiger partial charge >= 0.3 is 0 Å². The molecule has 21 heavy (non-hydrogen) atoms. The molecule has 0 heterocycles. The fourth-order valence-corrected chi connectivity index (χ4v) is 3.07. The van der Waals surface area contributed by atoms with E-state index in [-0.39, 0.29) is 18.6 Å². The van der Waals surface area contributed by atoms with Crippen LogP contribution < -0.4 is 5.32 Å². The first-order valence-corrected chi connectivity index (χ1v) is 7.82. The molecule has 0 radical (unpaired) electrons. The second-order valence-electron chi connectivity index (χ2n) is 5.72. The van der Waals surface area contributed by atoms with E-state index in [2.05, 4.69) is 5.32 Å². The van der Waals surface area contributed by atoms with Crippen LogP contribution in [0.1, 0.15) is 38.2 Å². The second kappa shape index (κ2) is 7.62. The van der Waals surface area contributed by atoms with E-state index >= 15 is 0 Å². The molecule has 114 valence electrons. The molecular formula is C17H22ClNO2. The van der Waals surface area contributed by atoms with Gasteiger partial charge in [-0.25, -0.2) is 0 Å². The predicted octanol–water partition coefficient (Wildman–Crippen LogP) is 3.41. The number of halogens is 1. The molecule has 1 aliphatic rings. The van der Waals surface area contributed by atoms with Gasteiger partial charge < -0.3 is 10.4 Å². The van der Waals surface area contributed by atoms with Gasteiger partial charge in [0.1, 0.15) is 0 Å². The topological polar surface area (TPSA) is 49.3 Å². The maximum atomic E-state index is 12.1. The molecule has 1 aromatic rings. The molecule has 1 aliphatic carbocycles. The number of carbonyl (C=O) groups excluding carboxylic acids is 1. The number of nitrogens with one attached hydrogen (secondary N) is 1. The highest BCUT2D eigenvalue weighted by atomic mass is 35.5. The highest BCUT2D eigenvalue weighted by Gasteiger charge is 2.21. The lowest BCUT2D eigenvalue weighted by atomic mass is 9.86. The third-order valence-electron chi connectivity index (χ3n) is 4.10. The summed E-state index contributed by atoms with van der Waals surface area (Å²) >= 11 is 6.13. The number of hydrogen-bond donors (Lipinski definition) is 2. The van der Waals surface area contributed by atoms with Gasteiger partial charge in [-0.1, -0.05) is 29.8 Å². The molecule has 0 aromatic heterocycles. The van der Waals surface area contributed by atoms with Gasteiger partial charge in [-0.3, -0.25) is 4.79 Å². The summed E-state index contributed by atoms with van der Waals surface area (Å²) in [5.41, 5.74) is 1.75. The Morgan fingerprint density at radius 3 is 2.62 bits per heavy atom. The van der Waals surface area contributed by atoms with Gasteiger partial charge in [0.2, 0.25) is 5.91 Å². The normalized spacial score (nSPS) is 22.9. The van der Waals surface area contributed by atoms with Crippen LogP contribution in [0.4, 0.5) is 0 Å². The largest absolute Gasteiger partial charge is 0.396 e. The zero-order valence-corrected chi connectivity index (χ0v) is 13.1. The van der Waals surface area contributed by atoms with Crippen molar-refractivity contribution in [3.63, 3.8) is 0 Å². The van der Waals surface area contributed by atoms with E-state index in [4.69, 9.17) is 16.7 Å². The summed E-state index contributed by atoms with van der Waals surface area (Å²) in [7, 11) is 0. The van der Waals surface area contributed by atoms with Crippen molar-refractivity contribution in [3.05, 3.63) is 40.9 Å². The number of hydrogen-bond acceptors (Lipinski definition) is 2. The smallest absolute Gasteiger partial charge is 0.244 e. The monoisotopic (exact) mass is 307 g/mol. The summed E-state index contributed by atoms with van der Waals surface area (Å²) in [6.45, 7) is 2.15. The molecule has 3 nitrogen and oxygen atoms in total. The number of aliphatic hydroxyl groups excluding tert-OH is 1. The second-order valence-corrected chi connectivity index (χ2v) is 6.12. The van der Waals surface area contributed by atoms with Crippen molar-refractivity contribution >= 4 is 23.1 Å². The highest BCUT2D eigenvalue weighted by molar-refractivity contribution is 6.32. The van der Waals surface area contributed by atoms with E-state index < -0.39 is 0 Å². The Labute approximate surface area is 131 Å². The van der Waals surface area contributed by atoms with E-state index in [0.717, 1.165) is 36.8 Å². The van der Waals surface area contributed by atoms with Gasteiger partial charge in [-0.15, -0.1) is 0 Å². The minimum atomic E-state index is -0.0696. The van der Waals surface area contributed by atoms with Crippen molar-refractivity contribution in [1.29, 1.82) is 0 Å². The Bertz CT molecular complexity index is 519. The molecule has 0 unspecified atom stereocenters. The molecule has 0 atom stereocenters. The van der Waals surface area contributed by atoms with Crippen molar-refractivity contribution in [2.75, 3.05) is 6.61 Å². The molecule has 0 aliphatic heterocycles. The van der Waals surface area contributed by atoms with Gasteiger partial charge in [0, 0.05) is 23.7 Å². The van der Waals surface area contributed by atoms with Crippen molar-refractivity contribution in [3.8, 4) is 0 Å². The zero-order chi connectivity index (χ0) is 15.2. The fraction of sp³-hybridized carbons (Fsp3) is 0.471. The molecule has 1 saturated carbocycles. The minimum Gasteiger partial charge on any atom is -0.396 e. The maximum absolute atomic E-state index is 12.1. The Balaban J connectivity index is 1.92. The number of carbonyl (C=O) groups is 1. The van der Waals surface area contributed by atoms with Gasteiger partial charge in [0.05, 0.1) is 0 Å². The summed E-state index contributed by atoms with van der Waals surface area (Å²) in [6, 6.07) is 7.73. The van der Waals surface area contributed by atoms with E-state index in [1.54, 1.807) is 6.08 Å². The maximum Gasteiger partial charge on any atom is 0.244 e. The molecule has 4 heteroatoms. The van der Waals surface area contributed by atoms with Crippen LogP contribution in [0.15, 0.2) is 30.3 Å². The minimum absolute atomic E-state index is 0.0696. The Morgan fingerprint density at radius 2 is 2.00 bits per heavy atom. The SMILES string of the molecule is C/C(=C/C(=O)NC1CCC(CO)CC1)c1ccccc1Cl. The zero-order valence-electron chi connectivity index (χ0n) is 12.3. The lowest BCUT2D eigenvalue weighted by Gasteiger charge is -2.27. The Hall–Kier alpha value is -1.32. The van der Waals surface area contributed by atoms with Gasteiger partial charge in [0.15, 0.2) is 0 Å². The van der Waals surface area contributed by atoms with Crippen molar-refractivity contribution in [1.82, 2.24) is 5.32 Å². The summed E-state index contributed by atoms with van der Waals surface area (Å²) in [5.74, 6) is 0.332. The number of allylic oxidation sites excluding steroid dienone is 1. The summed E-state index contributed by atoms with van der Waals surface area (Å²) in [5, 5.41) is 12.8. The Kier molecular flexibility index (Phi) is 5.83. The third-order valence-corrected chi connectivity index (χ3v) is 4.43.